The van der Waals surface area contributed by atoms with E-state index in [1.165, 1.54) is 6.92 Å². The maximum absolute atomic E-state index is 13.2. The molecule has 25 heteroatoms. The van der Waals surface area contributed by atoms with Crippen molar-refractivity contribution >= 4 is 77.8 Å². The predicted octanol–water partition coefficient (Wildman–Crippen LogP) is -5.24. The van der Waals surface area contributed by atoms with Gasteiger partial charge in [0.1, 0.15) is 42.3 Å². The average molecular weight is 849 g/mol. The number of unbranched alkanes of at least 4 members (excludes halogenated alkanes) is 1. The number of nitrogens with one attached hydrogen (secondary N) is 7. The quantitative estimate of drug-likeness (QED) is 0.0258. The van der Waals surface area contributed by atoms with Gasteiger partial charge >= 0.3 is 17.9 Å². The number of hydrogen-bond donors (Lipinski definition) is 14. The van der Waals surface area contributed by atoms with Crippen LogP contribution in [-0.2, 0) is 52.7 Å². The van der Waals surface area contributed by atoms with Gasteiger partial charge in [0.25, 0.3) is 0 Å². The molecule has 0 spiro atoms. The smallest absolute Gasteiger partial charge is 0.326 e. The Kier molecular flexibility index (Phi) is 23.8. The fourth-order valence-corrected chi connectivity index (χ4v) is 4.99. The first kappa shape index (κ1) is 52.4. The van der Waals surface area contributed by atoms with Crippen LogP contribution in [0.2, 0.25) is 0 Å². The molecule has 0 aliphatic rings. The summed E-state index contributed by atoms with van der Waals surface area (Å²) < 4.78 is 0. The van der Waals surface area contributed by atoms with E-state index in [0.717, 1.165) is 6.92 Å². The van der Waals surface area contributed by atoms with Gasteiger partial charge in [-0.05, 0) is 52.0 Å². The highest BCUT2D eigenvalue weighted by molar-refractivity contribution is 7.80. The van der Waals surface area contributed by atoms with Crippen molar-refractivity contribution in [2.45, 2.75) is 121 Å². The van der Waals surface area contributed by atoms with Crippen LogP contribution in [0.5, 0.6) is 0 Å². The summed E-state index contributed by atoms with van der Waals surface area (Å²) in [5.74, 6) is -13.3. The van der Waals surface area contributed by atoms with Gasteiger partial charge in [-0.25, -0.2) is 4.79 Å². The molecular formula is C33H56N10O14S. The highest BCUT2D eigenvalue weighted by atomic mass is 32.1. The van der Waals surface area contributed by atoms with Gasteiger partial charge in [0.15, 0.2) is 0 Å². The minimum Gasteiger partial charge on any atom is -0.481 e. The van der Waals surface area contributed by atoms with E-state index in [-0.39, 0.29) is 18.9 Å². The molecule has 0 fully saturated rings. The van der Waals surface area contributed by atoms with Gasteiger partial charge < -0.3 is 69.7 Å². The zero-order valence-corrected chi connectivity index (χ0v) is 33.5. The summed E-state index contributed by atoms with van der Waals surface area (Å²) in [6.07, 6.45) is -2.13. The molecule has 0 aromatic carbocycles. The van der Waals surface area contributed by atoms with E-state index in [4.69, 9.17) is 17.2 Å². The molecule has 328 valence electrons. The van der Waals surface area contributed by atoms with Crippen molar-refractivity contribution in [1.82, 2.24) is 37.2 Å². The van der Waals surface area contributed by atoms with Crippen LogP contribution in [0.3, 0.4) is 0 Å². The molecule has 0 radical (unpaired) electrons. The van der Waals surface area contributed by atoms with Gasteiger partial charge in [-0.3, -0.25) is 47.9 Å². The summed E-state index contributed by atoms with van der Waals surface area (Å²) >= 11 is 4.01. The van der Waals surface area contributed by atoms with Gasteiger partial charge in [-0.1, -0.05) is 13.8 Å². The Bertz CT molecular complexity index is 1520. The van der Waals surface area contributed by atoms with Gasteiger partial charge in [0.05, 0.1) is 18.9 Å². The topological polar surface area (TPSA) is 411 Å². The van der Waals surface area contributed by atoms with Gasteiger partial charge in [-0.15, -0.1) is 0 Å². The fraction of sp³-hybridized carbons (Fsp3) is 0.667. The van der Waals surface area contributed by atoms with Crippen molar-refractivity contribution < 1.29 is 68.1 Å². The number of thiol groups is 1. The second-order valence-corrected chi connectivity index (χ2v) is 13.9. The highest BCUT2D eigenvalue weighted by Gasteiger charge is 2.34. The van der Waals surface area contributed by atoms with Crippen LogP contribution in [-0.4, -0.2) is 141 Å². The van der Waals surface area contributed by atoms with Crippen molar-refractivity contribution in [1.29, 1.82) is 0 Å². The molecule has 8 amide bonds. The van der Waals surface area contributed by atoms with Crippen LogP contribution in [0.25, 0.3) is 0 Å². The first-order chi connectivity index (χ1) is 26.9. The van der Waals surface area contributed by atoms with Crippen molar-refractivity contribution in [2.75, 3.05) is 12.3 Å². The van der Waals surface area contributed by atoms with E-state index in [9.17, 15) is 68.1 Å². The molecule has 0 aliphatic carbocycles. The van der Waals surface area contributed by atoms with E-state index in [0.29, 0.717) is 12.8 Å². The summed E-state index contributed by atoms with van der Waals surface area (Å²) in [5.41, 5.74) is 16.4. The zero-order valence-electron chi connectivity index (χ0n) is 32.6. The molecule has 58 heavy (non-hydrogen) atoms. The Labute approximate surface area is 339 Å². The molecule has 0 saturated carbocycles. The Balaban J connectivity index is 5.87. The van der Waals surface area contributed by atoms with E-state index in [1.54, 1.807) is 13.8 Å². The van der Waals surface area contributed by atoms with Crippen LogP contribution in [0, 0.1) is 5.92 Å². The number of carbonyl (C=O) groups excluding carboxylic acids is 8. The second kappa shape index (κ2) is 26.4. The van der Waals surface area contributed by atoms with Crippen molar-refractivity contribution in [3.8, 4) is 0 Å². The molecule has 8 atom stereocenters. The SMILES string of the molecule is CC(C)[C@H](N)C(=O)N[C@@H](C)C(=O)N[C@@H](CC(=O)O)C(=O)N[C@@H](CS)C(=O)N[C@@H](C)C(=O)N[C@@H](CC(=O)O)C(=O)N[C@@H](CCC(N)=O)C(=O)N[C@@H](CCCCN)C(=O)O. The summed E-state index contributed by atoms with van der Waals surface area (Å²) in [6.45, 7) is 5.99. The van der Waals surface area contributed by atoms with Crippen LogP contribution >= 0.6 is 12.6 Å². The minimum absolute atomic E-state index is 0.0257. The molecule has 0 aromatic rings. The highest BCUT2D eigenvalue weighted by Crippen LogP contribution is 2.06. The zero-order chi connectivity index (χ0) is 44.9. The average Bonchev–Trinajstić information content (AvgIpc) is 3.12. The number of hydrogen-bond acceptors (Lipinski definition) is 14. The minimum atomic E-state index is -1.89. The number of carboxylic acids is 3. The van der Waals surface area contributed by atoms with Crippen molar-refractivity contribution in [2.24, 2.45) is 23.1 Å². The Hall–Kier alpha value is -5.56. The summed E-state index contributed by atoms with van der Waals surface area (Å²) in [6, 6.07) is -12.0. The maximum atomic E-state index is 13.2. The summed E-state index contributed by atoms with van der Waals surface area (Å²) in [5, 5.41) is 43.8. The van der Waals surface area contributed by atoms with E-state index >= 15 is 0 Å². The van der Waals surface area contributed by atoms with Crippen LogP contribution in [0.15, 0.2) is 0 Å². The number of nitrogens with two attached hydrogens (primary N) is 3. The molecule has 0 bridgehead atoms. The number of aliphatic carboxylic acids is 3. The van der Waals surface area contributed by atoms with Crippen LogP contribution in [0.1, 0.15) is 72.6 Å². The maximum Gasteiger partial charge on any atom is 0.326 e. The Morgan fingerprint density at radius 3 is 1.33 bits per heavy atom. The number of amides is 8. The summed E-state index contributed by atoms with van der Waals surface area (Å²) in [4.78, 5) is 137. The van der Waals surface area contributed by atoms with E-state index in [2.05, 4.69) is 49.8 Å². The third kappa shape index (κ3) is 20.0. The normalized spacial score (nSPS) is 15.0. The molecule has 16 N–H and O–H groups in total. The standard InChI is InChI=1S/C33H56N10O14S/c1-14(2)25(36)32(55)38-16(4)27(50)42-20(12-24(47)48)30(53)43-21(13-58)31(54)37-15(3)26(49)41-19(11-23(45)46)29(52)39-17(8-9-22(35)44)28(51)40-18(33(56)57)7-5-6-10-34/h14-21,25,58H,5-13,34,36H2,1-4H3,(H2,35,44)(H,37,54)(H,38,55)(H,39,52)(H,40,51)(H,41,49)(H,42,50)(H,43,53)(H,45,46)(H,47,48)(H,56,57)/t15-,16-,17-,18-,19-,20-,21-,25-/m0/s1. The monoisotopic (exact) mass is 848 g/mol. The third-order valence-electron chi connectivity index (χ3n) is 8.24. The number of primary amides is 1. The largest absolute Gasteiger partial charge is 0.481 e. The van der Waals surface area contributed by atoms with Crippen LogP contribution in [0.4, 0.5) is 0 Å². The lowest BCUT2D eigenvalue weighted by Crippen LogP contribution is -2.60. The molecule has 0 rings (SSSR count). The van der Waals surface area contributed by atoms with Crippen molar-refractivity contribution in [3.05, 3.63) is 0 Å². The molecule has 0 heterocycles. The lowest BCUT2D eigenvalue weighted by molar-refractivity contribution is -0.143. The van der Waals surface area contributed by atoms with E-state index < -0.39 is 145 Å². The molecule has 0 aromatic heterocycles. The van der Waals surface area contributed by atoms with Gasteiger partial charge in [0, 0.05) is 12.2 Å². The van der Waals surface area contributed by atoms with Gasteiger partial charge in [-0.2, -0.15) is 12.6 Å². The third-order valence-corrected chi connectivity index (χ3v) is 8.60. The molecule has 0 unspecified atom stereocenters. The fourth-order valence-electron chi connectivity index (χ4n) is 4.74. The lowest BCUT2D eigenvalue weighted by atomic mass is 10.0. The predicted molar refractivity (Wildman–Crippen MR) is 205 cm³/mol. The van der Waals surface area contributed by atoms with Crippen LogP contribution < -0.4 is 54.4 Å². The first-order valence-electron chi connectivity index (χ1n) is 18.1. The first-order valence-corrected chi connectivity index (χ1v) is 18.7. The van der Waals surface area contributed by atoms with Crippen molar-refractivity contribution in [3.63, 3.8) is 0 Å². The Morgan fingerprint density at radius 1 is 0.534 bits per heavy atom. The number of carboxylic acid groups (broad SMARTS) is 3. The number of carbonyl (C=O) groups is 11. The Morgan fingerprint density at radius 2 is 0.931 bits per heavy atom. The molecule has 0 aliphatic heterocycles. The van der Waals surface area contributed by atoms with E-state index in [1.807, 2.05) is 0 Å². The van der Waals surface area contributed by atoms with Gasteiger partial charge in [0.2, 0.25) is 47.3 Å². The molecular weight excluding hydrogens is 792 g/mol. The lowest BCUT2D eigenvalue weighted by Gasteiger charge is -2.26. The summed E-state index contributed by atoms with van der Waals surface area (Å²) in [7, 11) is 0. The molecule has 24 nitrogen and oxygen atoms in total. The molecule has 0 saturated heterocycles. The number of rotatable bonds is 28. The second-order valence-electron chi connectivity index (χ2n) is 13.5.